The van der Waals surface area contributed by atoms with E-state index in [2.05, 4.69) is 43.0 Å². The van der Waals surface area contributed by atoms with Gasteiger partial charge in [0.1, 0.15) is 0 Å². The molecule has 2 aromatic rings. The molecule has 1 saturated heterocycles. The van der Waals surface area contributed by atoms with Gasteiger partial charge in [-0.15, -0.1) is 0 Å². The Morgan fingerprint density at radius 2 is 1.30 bits per heavy atom. The Labute approximate surface area is 163 Å². The third-order valence-electron chi connectivity index (χ3n) is 6.05. The number of benzene rings is 2. The Morgan fingerprint density at radius 3 is 1.85 bits per heavy atom. The lowest BCUT2D eigenvalue weighted by Gasteiger charge is -2.37. The van der Waals surface area contributed by atoms with Crippen molar-refractivity contribution in [1.29, 1.82) is 0 Å². The summed E-state index contributed by atoms with van der Waals surface area (Å²) in [7, 11) is -3.49. The Morgan fingerprint density at radius 1 is 0.741 bits per heavy atom. The first-order valence-electron chi connectivity index (χ1n) is 9.53. The summed E-state index contributed by atoms with van der Waals surface area (Å²) < 4.78 is 28.5. The van der Waals surface area contributed by atoms with E-state index in [-0.39, 0.29) is 0 Å². The maximum absolute atomic E-state index is 13.4. The predicted octanol–water partition coefficient (Wildman–Crippen LogP) is 4.05. The zero-order valence-electron chi connectivity index (χ0n) is 17.3. The van der Waals surface area contributed by atoms with Crippen molar-refractivity contribution in [2.45, 2.75) is 46.4 Å². The Hall–Kier alpha value is -1.85. The Balaban J connectivity index is 1.87. The van der Waals surface area contributed by atoms with E-state index < -0.39 is 10.0 Å². The van der Waals surface area contributed by atoms with Crippen LogP contribution in [0.5, 0.6) is 0 Å². The third kappa shape index (κ3) is 3.50. The maximum Gasteiger partial charge on any atom is 0.243 e. The van der Waals surface area contributed by atoms with Crippen molar-refractivity contribution in [1.82, 2.24) is 4.31 Å². The normalized spacial score (nSPS) is 16.0. The van der Waals surface area contributed by atoms with E-state index in [1.165, 1.54) is 16.8 Å². The molecule has 1 aliphatic heterocycles. The van der Waals surface area contributed by atoms with Gasteiger partial charge >= 0.3 is 0 Å². The lowest BCUT2D eigenvalue weighted by Crippen LogP contribution is -2.49. The summed E-state index contributed by atoms with van der Waals surface area (Å²) in [6.07, 6.45) is 0. The second-order valence-corrected chi connectivity index (χ2v) is 9.57. The van der Waals surface area contributed by atoms with Gasteiger partial charge in [0.05, 0.1) is 4.90 Å². The van der Waals surface area contributed by atoms with Crippen LogP contribution in [0.25, 0.3) is 0 Å². The largest absolute Gasteiger partial charge is 0.369 e. The molecule has 3 rings (SSSR count). The summed E-state index contributed by atoms with van der Waals surface area (Å²) >= 11 is 0. The van der Waals surface area contributed by atoms with Crippen LogP contribution in [-0.4, -0.2) is 38.9 Å². The molecule has 0 unspecified atom stereocenters. The van der Waals surface area contributed by atoms with Gasteiger partial charge in [0, 0.05) is 31.9 Å². The number of rotatable bonds is 3. The average molecular weight is 387 g/mol. The van der Waals surface area contributed by atoms with Gasteiger partial charge in [-0.1, -0.05) is 18.2 Å². The van der Waals surface area contributed by atoms with Crippen molar-refractivity contribution in [2.75, 3.05) is 31.1 Å². The zero-order chi connectivity index (χ0) is 19.9. The van der Waals surface area contributed by atoms with E-state index in [1.54, 1.807) is 4.31 Å². The fraction of sp³-hybridized carbons (Fsp3) is 0.455. The molecule has 146 valence electrons. The second kappa shape index (κ2) is 7.28. The van der Waals surface area contributed by atoms with E-state index >= 15 is 0 Å². The monoisotopic (exact) mass is 386 g/mol. The molecule has 0 radical (unpaired) electrons. The van der Waals surface area contributed by atoms with Gasteiger partial charge in [-0.3, -0.25) is 0 Å². The molecule has 2 aromatic carbocycles. The SMILES string of the molecule is Cc1cccc(N2CCN(S(=O)(=O)c3c(C)c(C)cc(C)c3C)CC2)c1C. The summed E-state index contributed by atoms with van der Waals surface area (Å²) in [6, 6.07) is 8.39. The van der Waals surface area contributed by atoms with Crippen molar-refractivity contribution in [3.05, 3.63) is 57.6 Å². The minimum Gasteiger partial charge on any atom is -0.369 e. The van der Waals surface area contributed by atoms with Crippen LogP contribution in [0, 0.1) is 41.5 Å². The van der Waals surface area contributed by atoms with E-state index in [1.807, 2.05) is 27.7 Å². The number of aryl methyl sites for hydroxylation is 3. The number of piperazine rings is 1. The molecule has 5 heteroatoms. The minimum absolute atomic E-state index is 0.500. The highest BCUT2D eigenvalue weighted by molar-refractivity contribution is 7.89. The zero-order valence-corrected chi connectivity index (χ0v) is 18.1. The third-order valence-corrected chi connectivity index (χ3v) is 8.22. The van der Waals surface area contributed by atoms with Crippen molar-refractivity contribution >= 4 is 15.7 Å². The lowest BCUT2D eigenvalue weighted by atomic mass is 10.0. The summed E-state index contributed by atoms with van der Waals surface area (Å²) in [5, 5.41) is 0. The molecule has 1 aliphatic rings. The quantitative estimate of drug-likeness (QED) is 0.799. The van der Waals surface area contributed by atoms with Crippen molar-refractivity contribution in [3.8, 4) is 0 Å². The standard InChI is InChI=1S/C22H30N2O2S/c1-15-8-7-9-21(18(15)4)23-10-12-24(13-11-23)27(25,26)22-19(5)16(2)14-17(3)20(22)6/h7-9,14H,10-13H2,1-6H3. The summed E-state index contributed by atoms with van der Waals surface area (Å²) in [5.41, 5.74) is 7.56. The van der Waals surface area contributed by atoms with Crippen LogP contribution in [0.4, 0.5) is 5.69 Å². The fourth-order valence-corrected chi connectivity index (χ4v) is 5.94. The molecular weight excluding hydrogens is 356 g/mol. The van der Waals surface area contributed by atoms with Crippen molar-refractivity contribution < 1.29 is 8.42 Å². The number of hydrogen-bond acceptors (Lipinski definition) is 3. The fourth-order valence-electron chi connectivity index (χ4n) is 3.94. The summed E-state index contributed by atoms with van der Waals surface area (Å²) in [4.78, 5) is 2.80. The molecule has 4 nitrogen and oxygen atoms in total. The van der Waals surface area contributed by atoms with Crippen molar-refractivity contribution in [2.24, 2.45) is 0 Å². The van der Waals surface area contributed by atoms with Crippen LogP contribution in [0.2, 0.25) is 0 Å². The molecule has 0 N–H and O–H groups in total. The molecule has 1 heterocycles. The van der Waals surface area contributed by atoms with Gasteiger partial charge in [-0.05, 0) is 81.0 Å². The highest BCUT2D eigenvalue weighted by Gasteiger charge is 2.32. The molecule has 1 fully saturated rings. The van der Waals surface area contributed by atoms with Gasteiger partial charge in [-0.2, -0.15) is 4.31 Å². The topological polar surface area (TPSA) is 40.6 Å². The first kappa shape index (κ1) is 19.9. The Bertz CT molecular complexity index is 946. The minimum atomic E-state index is -3.49. The highest BCUT2D eigenvalue weighted by Crippen LogP contribution is 2.30. The van der Waals surface area contributed by atoms with Crippen LogP contribution in [0.3, 0.4) is 0 Å². The molecular formula is C22H30N2O2S. The average Bonchev–Trinajstić information content (AvgIpc) is 2.62. The Kier molecular flexibility index (Phi) is 5.37. The predicted molar refractivity (Wildman–Crippen MR) is 112 cm³/mol. The van der Waals surface area contributed by atoms with Crippen molar-refractivity contribution in [3.63, 3.8) is 0 Å². The van der Waals surface area contributed by atoms with Gasteiger partial charge in [0.2, 0.25) is 10.0 Å². The maximum atomic E-state index is 13.4. The van der Waals surface area contributed by atoms with Gasteiger partial charge in [0.15, 0.2) is 0 Å². The summed E-state index contributed by atoms with van der Waals surface area (Å²) in [6.45, 7) is 14.5. The lowest BCUT2D eigenvalue weighted by molar-refractivity contribution is 0.384. The molecule has 0 saturated carbocycles. The molecule has 0 aliphatic carbocycles. The number of anilines is 1. The van der Waals surface area contributed by atoms with Crippen LogP contribution >= 0.6 is 0 Å². The van der Waals surface area contributed by atoms with E-state index in [4.69, 9.17) is 0 Å². The summed E-state index contributed by atoms with van der Waals surface area (Å²) in [5.74, 6) is 0. The van der Waals surface area contributed by atoms with Gasteiger partial charge < -0.3 is 4.90 Å². The first-order chi connectivity index (χ1) is 12.6. The van der Waals surface area contributed by atoms with Crippen LogP contribution in [0.1, 0.15) is 33.4 Å². The molecule has 0 bridgehead atoms. The molecule has 0 spiro atoms. The van der Waals surface area contributed by atoms with Crippen LogP contribution in [0.15, 0.2) is 29.2 Å². The molecule has 0 amide bonds. The van der Waals surface area contributed by atoms with Crippen LogP contribution < -0.4 is 4.90 Å². The van der Waals surface area contributed by atoms with Crippen LogP contribution in [-0.2, 0) is 10.0 Å². The molecule has 0 atom stereocenters. The smallest absolute Gasteiger partial charge is 0.243 e. The number of nitrogens with zero attached hydrogens (tertiary/aromatic N) is 2. The van der Waals surface area contributed by atoms with E-state index in [9.17, 15) is 8.42 Å². The van der Waals surface area contributed by atoms with E-state index in [0.29, 0.717) is 31.1 Å². The van der Waals surface area contributed by atoms with E-state index in [0.717, 1.165) is 22.3 Å². The van der Waals surface area contributed by atoms with Gasteiger partial charge in [-0.25, -0.2) is 8.42 Å². The van der Waals surface area contributed by atoms with Gasteiger partial charge in [0.25, 0.3) is 0 Å². The first-order valence-corrected chi connectivity index (χ1v) is 11.0. The molecule has 0 aromatic heterocycles. The highest BCUT2D eigenvalue weighted by atomic mass is 32.2. The number of hydrogen-bond donors (Lipinski definition) is 0. The second-order valence-electron chi connectivity index (χ2n) is 7.70. The number of sulfonamides is 1. The molecule has 27 heavy (non-hydrogen) atoms.